The monoisotopic (exact) mass is 573 g/mol. The van der Waals surface area contributed by atoms with Crippen LogP contribution in [-0.2, 0) is 17.9 Å². The van der Waals surface area contributed by atoms with Crippen LogP contribution in [0.5, 0.6) is 0 Å². The van der Waals surface area contributed by atoms with Crippen LogP contribution in [0.1, 0.15) is 31.7 Å². The highest BCUT2D eigenvalue weighted by molar-refractivity contribution is 5.75. The number of aryl methyl sites for hydroxylation is 1. The highest BCUT2D eigenvalue weighted by atomic mass is 19.4. The summed E-state index contributed by atoms with van der Waals surface area (Å²) in [5.41, 5.74) is 3.46. The number of aliphatic carboxylic acids is 1. The molecule has 7 nitrogen and oxygen atoms in total. The molecule has 2 aromatic rings. The molecule has 3 saturated heterocycles. The van der Waals surface area contributed by atoms with Gasteiger partial charge in [0.2, 0.25) is 0 Å². The zero-order chi connectivity index (χ0) is 28.8. The van der Waals surface area contributed by atoms with Crippen molar-refractivity contribution in [1.82, 2.24) is 20.0 Å². The van der Waals surface area contributed by atoms with Gasteiger partial charge in [-0.15, -0.1) is 0 Å². The van der Waals surface area contributed by atoms with Gasteiger partial charge in [0.25, 0.3) is 0 Å². The molecule has 4 atom stereocenters. The number of nitrogens with zero attached hydrogens (tertiary/aromatic N) is 4. The summed E-state index contributed by atoms with van der Waals surface area (Å²) in [6.45, 7) is 4.72. The first kappa shape index (κ1) is 28.7. The molecule has 0 saturated carbocycles. The van der Waals surface area contributed by atoms with Crippen LogP contribution < -0.4 is 10.2 Å². The van der Waals surface area contributed by atoms with E-state index in [2.05, 4.69) is 15.3 Å². The quantitative estimate of drug-likeness (QED) is 0.465. The van der Waals surface area contributed by atoms with Gasteiger partial charge in [-0.1, -0.05) is 12.1 Å². The first-order valence-electron chi connectivity index (χ1n) is 13.6. The summed E-state index contributed by atoms with van der Waals surface area (Å²) < 4.78 is 83.3. The Morgan fingerprint density at radius 1 is 1.02 bits per heavy atom. The van der Waals surface area contributed by atoms with Crippen LogP contribution in [0.25, 0.3) is 11.3 Å². The summed E-state index contributed by atoms with van der Waals surface area (Å²) >= 11 is 0. The van der Waals surface area contributed by atoms with Gasteiger partial charge in [0.05, 0.1) is 5.69 Å². The van der Waals surface area contributed by atoms with Gasteiger partial charge in [0.1, 0.15) is 6.04 Å². The summed E-state index contributed by atoms with van der Waals surface area (Å²) in [4.78, 5) is 15.9. The van der Waals surface area contributed by atoms with Gasteiger partial charge in [0, 0.05) is 74.2 Å². The number of benzene rings is 1. The maximum Gasteiger partial charge on any atom is 0.402 e. The van der Waals surface area contributed by atoms with Crippen molar-refractivity contribution in [1.29, 1.82) is 0 Å². The SMILES string of the molecule is CCn1cc(CN2CC3C(C(=O)O)NC(C(C(F)(F)F)C(F)(F)F)C3C2)c(-c2ccc(N3CCCCC3)cc2)n1. The average Bonchev–Trinajstić information content (AvgIpc) is 3.57. The minimum atomic E-state index is -5.56. The van der Waals surface area contributed by atoms with Crippen LogP contribution in [0.3, 0.4) is 0 Å². The molecule has 2 N–H and O–H groups in total. The molecule has 0 spiro atoms. The highest BCUT2D eigenvalue weighted by Gasteiger charge is 2.66. The molecule has 3 fully saturated rings. The molecule has 4 unspecified atom stereocenters. The summed E-state index contributed by atoms with van der Waals surface area (Å²) in [5.74, 6) is -7.10. The van der Waals surface area contributed by atoms with Gasteiger partial charge in [-0.05, 0) is 44.2 Å². The molecule has 3 aliphatic rings. The molecule has 13 heteroatoms. The van der Waals surface area contributed by atoms with Crippen molar-refractivity contribution in [3.05, 3.63) is 36.0 Å². The standard InChI is InChI=1S/C27H33F6N5O2/c1-2-38-13-17(21(35-38)16-6-8-18(9-7-16)37-10-4-3-5-11-37)12-36-14-19-20(15-36)23(25(39)40)34-22(19)24(26(28,29)30)27(31,32)33/h6-9,13,19-20,22-24,34H,2-5,10-12,14-15H2,1H3,(H,39,40). The zero-order valence-electron chi connectivity index (χ0n) is 22.0. The van der Waals surface area contributed by atoms with E-state index in [0.717, 1.165) is 42.7 Å². The molecule has 0 aliphatic carbocycles. The normalized spacial score (nSPS) is 26.1. The number of carboxylic acids is 1. The number of halogens is 6. The van der Waals surface area contributed by atoms with Crippen molar-refractivity contribution in [2.75, 3.05) is 31.1 Å². The number of carbonyl (C=O) groups is 1. The van der Waals surface area contributed by atoms with Gasteiger partial charge in [-0.3, -0.25) is 14.4 Å². The second-order valence-electron chi connectivity index (χ2n) is 11.0. The lowest BCUT2D eigenvalue weighted by Gasteiger charge is -2.32. The minimum Gasteiger partial charge on any atom is -0.480 e. The van der Waals surface area contributed by atoms with E-state index in [1.807, 2.05) is 37.4 Å². The lowest BCUT2D eigenvalue weighted by Crippen LogP contribution is -2.53. The minimum absolute atomic E-state index is 0.0677. The van der Waals surface area contributed by atoms with Gasteiger partial charge in [-0.2, -0.15) is 31.4 Å². The lowest BCUT2D eigenvalue weighted by atomic mass is 9.84. The highest BCUT2D eigenvalue weighted by Crippen LogP contribution is 2.48. The van der Waals surface area contributed by atoms with Crippen molar-refractivity contribution >= 4 is 11.7 Å². The van der Waals surface area contributed by atoms with E-state index in [-0.39, 0.29) is 19.6 Å². The van der Waals surface area contributed by atoms with Crippen molar-refractivity contribution in [2.24, 2.45) is 17.8 Å². The number of hydrogen-bond donors (Lipinski definition) is 2. The van der Waals surface area contributed by atoms with Crippen LogP contribution >= 0.6 is 0 Å². The van der Waals surface area contributed by atoms with Crippen LogP contribution in [0.15, 0.2) is 30.5 Å². The average molecular weight is 574 g/mol. The van der Waals surface area contributed by atoms with Crippen LogP contribution in [0.4, 0.5) is 32.0 Å². The Labute approximate surface area is 228 Å². The number of aromatic nitrogens is 2. The summed E-state index contributed by atoms with van der Waals surface area (Å²) in [5, 5.41) is 16.5. The second kappa shape index (κ2) is 10.9. The molecule has 0 amide bonds. The van der Waals surface area contributed by atoms with Crippen molar-refractivity contribution in [3.8, 4) is 11.3 Å². The van der Waals surface area contributed by atoms with E-state index in [4.69, 9.17) is 0 Å². The van der Waals surface area contributed by atoms with Crippen molar-refractivity contribution < 1.29 is 36.2 Å². The Morgan fingerprint density at radius 2 is 1.65 bits per heavy atom. The third-order valence-corrected chi connectivity index (χ3v) is 8.50. The fourth-order valence-corrected chi connectivity index (χ4v) is 6.65. The van der Waals surface area contributed by atoms with E-state index in [9.17, 15) is 36.2 Å². The zero-order valence-corrected chi connectivity index (χ0v) is 22.0. The van der Waals surface area contributed by atoms with Crippen molar-refractivity contribution in [3.63, 3.8) is 0 Å². The molecule has 1 aromatic carbocycles. The Morgan fingerprint density at radius 3 is 2.23 bits per heavy atom. The smallest absolute Gasteiger partial charge is 0.402 e. The lowest BCUT2D eigenvalue weighted by molar-refractivity contribution is -0.293. The number of alkyl halides is 6. The molecule has 4 heterocycles. The Hall–Kier alpha value is -2.80. The molecule has 40 heavy (non-hydrogen) atoms. The van der Waals surface area contributed by atoms with Gasteiger partial charge >= 0.3 is 18.3 Å². The predicted octanol–water partition coefficient (Wildman–Crippen LogP) is 4.77. The van der Waals surface area contributed by atoms with E-state index in [1.165, 1.54) is 6.42 Å². The number of nitrogens with one attached hydrogen (secondary N) is 1. The number of carboxylic acid groups (broad SMARTS) is 1. The maximum atomic E-state index is 13.6. The second-order valence-corrected chi connectivity index (χ2v) is 11.0. The molecule has 3 aliphatic heterocycles. The number of fused-ring (bicyclic) bond motifs is 1. The molecule has 1 aromatic heterocycles. The third-order valence-electron chi connectivity index (χ3n) is 8.50. The fourth-order valence-electron chi connectivity index (χ4n) is 6.65. The molecular formula is C27H33F6N5O2. The molecule has 0 bridgehead atoms. The van der Waals surface area contributed by atoms with Gasteiger partial charge in [0.15, 0.2) is 5.92 Å². The fraction of sp³-hybridized carbons (Fsp3) is 0.630. The topological polar surface area (TPSA) is 73.6 Å². The molecule has 220 valence electrons. The maximum absolute atomic E-state index is 13.6. The Bertz CT molecular complexity index is 1180. The first-order chi connectivity index (χ1) is 18.9. The van der Waals surface area contributed by atoms with E-state index < -0.39 is 48.2 Å². The van der Waals surface area contributed by atoms with Crippen LogP contribution in [-0.4, -0.2) is 76.4 Å². The molecular weight excluding hydrogens is 540 g/mol. The van der Waals surface area contributed by atoms with E-state index in [1.54, 1.807) is 9.58 Å². The number of hydrogen-bond acceptors (Lipinski definition) is 5. The van der Waals surface area contributed by atoms with E-state index >= 15 is 0 Å². The third kappa shape index (κ3) is 5.67. The number of likely N-dealkylation sites (tertiary alicyclic amines) is 1. The largest absolute Gasteiger partial charge is 0.480 e. The molecule has 0 radical (unpaired) electrons. The number of anilines is 1. The van der Waals surface area contributed by atoms with Crippen LogP contribution in [0, 0.1) is 17.8 Å². The number of piperidine rings is 1. The van der Waals surface area contributed by atoms with Gasteiger partial charge in [-0.25, -0.2) is 0 Å². The summed E-state index contributed by atoms with van der Waals surface area (Å²) in [6, 6.07) is 4.47. The summed E-state index contributed by atoms with van der Waals surface area (Å²) in [7, 11) is 0. The molecule has 5 rings (SSSR count). The van der Waals surface area contributed by atoms with E-state index in [0.29, 0.717) is 12.2 Å². The predicted molar refractivity (Wildman–Crippen MR) is 136 cm³/mol. The van der Waals surface area contributed by atoms with Gasteiger partial charge < -0.3 is 15.3 Å². The Kier molecular flexibility index (Phi) is 7.81. The first-order valence-corrected chi connectivity index (χ1v) is 13.6. The van der Waals surface area contributed by atoms with Crippen molar-refractivity contribution in [2.45, 2.75) is 63.7 Å². The van der Waals surface area contributed by atoms with Crippen LogP contribution in [0.2, 0.25) is 0 Å². The Balaban J connectivity index is 1.38. The summed E-state index contributed by atoms with van der Waals surface area (Å²) in [6.07, 6.45) is -5.76. The number of rotatable bonds is 7.